The largest absolute Gasteiger partial charge is 0.349 e. The van der Waals surface area contributed by atoms with E-state index in [1.165, 1.54) is 0 Å². The molecule has 5 nitrogen and oxygen atoms in total. The number of carbonyl (C=O) groups excluding carboxylic acids is 1. The molecule has 5 heteroatoms. The Balaban J connectivity index is 2.04. The van der Waals surface area contributed by atoms with E-state index in [0.717, 1.165) is 35.6 Å². The normalized spacial score (nSPS) is 11.3. The van der Waals surface area contributed by atoms with Gasteiger partial charge >= 0.3 is 0 Å². The summed E-state index contributed by atoms with van der Waals surface area (Å²) in [6.07, 6.45) is 3.81. The SMILES string of the molecule is CCn1c(C)cc(C(=O)CN(C)Cc2cnn(C)c2)c1C. The summed E-state index contributed by atoms with van der Waals surface area (Å²) in [5.41, 5.74) is 4.17. The average molecular weight is 288 g/mol. The Morgan fingerprint density at radius 2 is 2.10 bits per heavy atom. The van der Waals surface area contributed by atoms with Crippen LogP contribution in [0, 0.1) is 13.8 Å². The molecule has 0 aliphatic rings. The van der Waals surface area contributed by atoms with Gasteiger partial charge in [0.25, 0.3) is 0 Å². The number of aromatic nitrogens is 3. The number of rotatable bonds is 6. The van der Waals surface area contributed by atoms with Gasteiger partial charge < -0.3 is 4.57 Å². The van der Waals surface area contributed by atoms with Gasteiger partial charge in [0.2, 0.25) is 0 Å². The van der Waals surface area contributed by atoms with Crippen molar-refractivity contribution in [1.29, 1.82) is 0 Å². The topological polar surface area (TPSA) is 43.1 Å². The van der Waals surface area contributed by atoms with Crippen molar-refractivity contribution < 1.29 is 4.79 Å². The zero-order chi connectivity index (χ0) is 15.6. The molecule has 2 aromatic heterocycles. The van der Waals surface area contributed by atoms with Crippen LogP contribution in [-0.4, -0.2) is 38.6 Å². The van der Waals surface area contributed by atoms with Crippen molar-refractivity contribution in [3.8, 4) is 0 Å². The minimum atomic E-state index is 0.175. The first-order valence-electron chi connectivity index (χ1n) is 7.28. The minimum absolute atomic E-state index is 0.175. The van der Waals surface area contributed by atoms with Crippen molar-refractivity contribution in [2.75, 3.05) is 13.6 Å². The summed E-state index contributed by atoms with van der Waals surface area (Å²) in [6, 6.07) is 2.00. The maximum absolute atomic E-state index is 12.5. The van der Waals surface area contributed by atoms with Gasteiger partial charge in [0.1, 0.15) is 0 Å². The van der Waals surface area contributed by atoms with E-state index in [2.05, 4.69) is 16.6 Å². The molecule has 2 rings (SSSR count). The summed E-state index contributed by atoms with van der Waals surface area (Å²) in [6.45, 7) is 8.21. The fourth-order valence-corrected chi connectivity index (χ4v) is 2.82. The monoisotopic (exact) mass is 288 g/mol. The maximum atomic E-state index is 12.5. The molecule has 0 aromatic carbocycles. The Bertz CT molecular complexity index is 639. The molecule has 114 valence electrons. The van der Waals surface area contributed by atoms with E-state index in [0.29, 0.717) is 6.54 Å². The van der Waals surface area contributed by atoms with Gasteiger partial charge in [0.15, 0.2) is 5.78 Å². The highest BCUT2D eigenvalue weighted by Gasteiger charge is 2.16. The van der Waals surface area contributed by atoms with Gasteiger partial charge in [0, 0.05) is 48.8 Å². The van der Waals surface area contributed by atoms with E-state index < -0.39 is 0 Å². The lowest BCUT2D eigenvalue weighted by Gasteiger charge is -2.14. The Morgan fingerprint density at radius 1 is 1.38 bits per heavy atom. The third-order valence-corrected chi connectivity index (χ3v) is 3.81. The van der Waals surface area contributed by atoms with Crippen LogP contribution in [0.1, 0.15) is 34.2 Å². The summed E-state index contributed by atoms with van der Waals surface area (Å²) >= 11 is 0. The fraction of sp³-hybridized carbons (Fsp3) is 0.500. The number of aryl methyl sites for hydroxylation is 2. The van der Waals surface area contributed by atoms with Crippen molar-refractivity contribution in [2.45, 2.75) is 33.9 Å². The van der Waals surface area contributed by atoms with Crippen LogP contribution in [0.2, 0.25) is 0 Å². The Hall–Kier alpha value is -1.88. The number of likely N-dealkylation sites (N-methyl/N-ethyl adjacent to an activating group) is 1. The standard InChI is InChI=1S/C16H24N4O/c1-6-20-12(2)7-15(13(20)3)16(21)11-18(4)9-14-8-17-19(5)10-14/h7-8,10H,6,9,11H2,1-5H3. The molecule has 0 saturated heterocycles. The van der Waals surface area contributed by atoms with Crippen LogP contribution < -0.4 is 0 Å². The van der Waals surface area contributed by atoms with Gasteiger partial charge in [-0.1, -0.05) is 0 Å². The lowest BCUT2D eigenvalue weighted by atomic mass is 10.1. The van der Waals surface area contributed by atoms with E-state index in [4.69, 9.17) is 0 Å². The predicted molar refractivity (Wildman–Crippen MR) is 83.5 cm³/mol. The van der Waals surface area contributed by atoms with Gasteiger partial charge in [-0.2, -0.15) is 5.10 Å². The van der Waals surface area contributed by atoms with E-state index in [-0.39, 0.29) is 5.78 Å². The second-order valence-electron chi connectivity index (χ2n) is 5.65. The zero-order valence-corrected chi connectivity index (χ0v) is 13.6. The van der Waals surface area contributed by atoms with Crippen molar-refractivity contribution >= 4 is 5.78 Å². The lowest BCUT2D eigenvalue weighted by Crippen LogP contribution is -2.25. The highest BCUT2D eigenvalue weighted by atomic mass is 16.1. The zero-order valence-electron chi connectivity index (χ0n) is 13.6. The first-order valence-corrected chi connectivity index (χ1v) is 7.28. The van der Waals surface area contributed by atoms with Crippen LogP contribution >= 0.6 is 0 Å². The molecule has 0 spiro atoms. The Kier molecular flexibility index (Phi) is 4.63. The van der Waals surface area contributed by atoms with Crippen molar-refractivity contribution in [2.24, 2.45) is 7.05 Å². The quantitative estimate of drug-likeness (QED) is 0.765. The molecule has 2 heterocycles. The van der Waals surface area contributed by atoms with Crippen molar-refractivity contribution in [3.63, 3.8) is 0 Å². The van der Waals surface area contributed by atoms with Crippen LogP contribution in [0.3, 0.4) is 0 Å². The maximum Gasteiger partial charge on any atom is 0.178 e. The van der Waals surface area contributed by atoms with Crippen LogP contribution in [0.25, 0.3) is 0 Å². The van der Waals surface area contributed by atoms with Gasteiger partial charge in [-0.3, -0.25) is 14.4 Å². The van der Waals surface area contributed by atoms with Crippen molar-refractivity contribution in [1.82, 2.24) is 19.2 Å². The third-order valence-electron chi connectivity index (χ3n) is 3.81. The van der Waals surface area contributed by atoms with E-state index in [1.54, 1.807) is 4.68 Å². The second kappa shape index (κ2) is 6.26. The third kappa shape index (κ3) is 3.42. The molecule has 0 amide bonds. The van der Waals surface area contributed by atoms with Crippen molar-refractivity contribution in [3.05, 3.63) is 41.0 Å². The molecule has 0 bridgehead atoms. The minimum Gasteiger partial charge on any atom is -0.349 e. The lowest BCUT2D eigenvalue weighted by molar-refractivity contribution is 0.0942. The molecular formula is C16H24N4O. The van der Waals surface area contributed by atoms with E-state index >= 15 is 0 Å². The molecule has 0 atom stereocenters. The average Bonchev–Trinajstić information content (AvgIpc) is 2.93. The molecular weight excluding hydrogens is 264 g/mol. The van der Waals surface area contributed by atoms with Crippen LogP contribution in [0.4, 0.5) is 0 Å². The van der Waals surface area contributed by atoms with Gasteiger partial charge in [-0.15, -0.1) is 0 Å². The summed E-state index contributed by atoms with van der Waals surface area (Å²) in [4.78, 5) is 14.5. The Labute approximate surface area is 126 Å². The highest BCUT2D eigenvalue weighted by Crippen LogP contribution is 2.16. The van der Waals surface area contributed by atoms with Gasteiger partial charge in [-0.25, -0.2) is 0 Å². The molecule has 0 radical (unpaired) electrons. The highest BCUT2D eigenvalue weighted by molar-refractivity contribution is 5.99. The summed E-state index contributed by atoms with van der Waals surface area (Å²) in [5.74, 6) is 0.175. The van der Waals surface area contributed by atoms with Crippen LogP contribution in [0.5, 0.6) is 0 Å². The molecule has 21 heavy (non-hydrogen) atoms. The van der Waals surface area contributed by atoms with Crippen LogP contribution in [0.15, 0.2) is 18.5 Å². The fourth-order valence-electron chi connectivity index (χ4n) is 2.82. The van der Waals surface area contributed by atoms with Crippen LogP contribution in [-0.2, 0) is 20.1 Å². The molecule has 0 N–H and O–H groups in total. The van der Waals surface area contributed by atoms with Gasteiger partial charge in [-0.05, 0) is 33.9 Å². The molecule has 0 fully saturated rings. The molecule has 0 aliphatic heterocycles. The number of hydrogen-bond acceptors (Lipinski definition) is 3. The predicted octanol–water partition coefficient (Wildman–Crippen LogP) is 2.17. The Morgan fingerprint density at radius 3 is 2.62 bits per heavy atom. The van der Waals surface area contributed by atoms with Gasteiger partial charge in [0.05, 0.1) is 12.7 Å². The summed E-state index contributed by atoms with van der Waals surface area (Å²) < 4.78 is 3.95. The molecule has 0 saturated carbocycles. The number of hydrogen-bond donors (Lipinski definition) is 0. The summed E-state index contributed by atoms with van der Waals surface area (Å²) in [5, 5.41) is 4.15. The number of carbonyl (C=O) groups is 1. The number of nitrogens with zero attached hydrogens (tertiary/aromatic N) is 4. The first kappa shape index (κ1) is 15.5. The van der Waals surface area contributed by atoms with E-state index in [9.17, 15) is 4.79 Å². The van der Waals surface area contributed by atoms with E-state index in [1.807, 2.05) is 51.3 Å². The first-order chi connectivity index (χ1) is 9.92. The molecule has 2 aromatic rings. The smallest absolute Gasteiger partial charge is 0.178 e. The number of ketones is 1. The molecule has 0 aliphatic carbocycles. The molecule has 0 unspecified atom stereocenters. The second-order valence-corrected chi connectivity index (χ2v) is 5.65. The number of Topliss-reactive ketones (excluding diaryl/α,β-unsaturated/α-hetero) is 1. The summed E-state index contributed by atoms with van der Waals surface area (Å²) in [7, 11) is 3.86.